The molecule has 0 bridgehead atoms. The molecular formula is C18H13ClN2O3. The largest absolute Gasteiger partial charge is 0.451 e. The van der Waals surface area contributed by atoms with E-state index in [0.29, 0.717) is 10.8 Å². The van der Waals surface area contributed by atoms with Crippen LogP contribution in [0.4, 0.5) is 0 Å². The SMILES string of the molecule is CC(=O)N1N=C(c2cc3ccccc3o2)OC1c1ccc(Cl)cc1. The van der Waals surface area contributed by atoms with E-state index in [2.05, 4.69) is 5.10 Å². The third kappa shape index (κ3) is 2.53. The fourth-order valence-corrected chi connectivity index (χ4v) is 2.72. The normalized spacial score (nSPS) is 17.0. The summed E-state index contributed by atoms with van der Waals surface area (Å²) in [4.78, 5) is 11.9. The van der Waals surface area contributed by atoms with E-state index in [0.717, 1.165) is 16.5 Å². The van der Waals surface area contributed by atoms with E-state index < -0.39 is 6.23 Å². The summed E-state index contributed by atoms with van der Waals surface area (Å²) in [6.07, 6.45) is -0.636. The Balaban J connectivity index is 1.71. The van der Waals surface area contributed by atoms with E-state index in [1.165, 1.54) is 11.9 Å². The van der Waals surface area contributed by atoms with Gasteiger partial charge in [0, 0.05) is 22.9 Å². The maximum Gasteiger partial charge on any atom is 0.277 e. The molecule has 1 unspecified atom stereocenters. The van der Waals surface area contributed by atoms with Gasteiger partial charge in [-0.1, -0.05) is 41.9 Å². The first kappa shape index (κ1) is 14.8. The molecule has 1 aromatic heterocycles. The first-order valence-electron chi connectivity index (χ1n) is 7.41. The summed E-state index contributed by atoms with van der Waals surface area (Å²) in [5.41, 5.74) is 1.52. The van der Waals surface area contributed by atoms with Crippen molar-refractivity contribution in [1.82, 2.24) is 5.01 Å². The fourth-order valence-electron chi connectivity index (χ4n) is 2.60. The molecule has 0 N–H and O–H groups in total. The van der Waals surface area contributed by atoms with Crippen molar-refractivity contribution in [3.8, 4) is 0 Å². The highest BCUT2D eigenvalue weighted by Crippen LogP contribution is 2.32. The van der Waals surface area contributed by atoms with Crippen molar-refractivity contribution in [2.45, 2.75) is 13.2 Å². The van der Waals surface area contributed by atoms with Crippen LogP contribution in [0.5, 0.6) is 0 Å². The van der Waals surface area contributed by atoms with Crippen molar-refractivity contribution < 1.29 is 13.9 Å². The first-order chi connectivity index (χ1) is 11.6. The van der Waals surface area contributed by atoms with Gasteiger partial charge in [0.25, 0.3) is 5.90 Å². The number of halogens is 1. The molecule has 4 rings (SSSR count). The van der Waals surface area contributed by atoms with Crippen molar-refractivity contribution in [1.29, 1.82) is 0 Å². The molecule has 24 heavy (non-hydrogen) atoms. The fraction of sp³-hybridized carbons (Fsp3) is 0.111. The molecule has 0 aliphatic carbocycles. The third-order valence-electron chi connectivity index (χ3n) is 3.76. The van der Waals surface area contributed by atoms with Crippen LogP contribution in [-0.2, 0) is 9.53 Å². The van der Waals surface area contributed by atoms with Gasteiger partial charge in [0.15, 0.2) is 5.76 Å². The zero-order chi connectivity index (χ0) is 16.7. The number of rotatable bonds is 2. The zero-order valence-electron chi connectivity index (χ0n) is 12.8. The number of hydrogen-bond acceptors (Lipinski definition) is 4. The number of nitrogens with zero attached hydrogens (tertiary/aromatic N) is 2. The lowest BCUT2D eigenvalue weighted by Crippen LogP contribution is -2.25. The third-order valence-corrected chi connectivity index (χ3v) is 4.01. The summed E-state index contributed by atoms with van der Waals surface area (Å²) >= 11 is 5.92. The second kappa shape index (κ2) is 5.69. The topological polar surface area (TPSA) is 55.0 Å². The van der Waals surface area contributed by atoms with E-state index in [9.17, 15) is 4.79 Å². The number of benzene rings is 2. The van der Waals surface area contributed by atoms with Gasteiger partial charge in [0.1, 0.15) is 5.58 Å². The maximum atomic E-state index is 11.9. The average molecular weight is 341 g/mol. The predicted octanol–water partition coefficient (Wildman–Crippen LogP) is 4.33. The van der Waals surface area contributed by atoms with E-state index in [1.54, 1.807) is 24.3 Å². The van der Waals surface area contributed by atoms with Gasteiger partial charge in [-0.2, -0.15) is 5.01 Å². The molecule has 0 saturated heterocycles. The zero-order valence-corrected chi connectivity index (χ0v) is 13.5. The smallest absolute Gasteiger partial charge is 0.277 e. The lowest BCUT2D eigenvalue weighted by atomic mass is 10.2. The minimum Gasteiger partial charge on any atom is -0.451 e. The number of carbonyl (C=O) groups is 1. The number of ether oxygens (including phenoxy) is 1. The van der Waals surface area contributed by atoms with Crippen LogP contribution in [0.15, 0.2) is 64.1 Å². The molecular weight excluding hydrogens is 328 g/mol. The molecule has 2 heterocycles. The second-order valence-electron chi connectivity index (χ2n) is 5.44. The summed E-state index contributed by atoms with van der Waals surface area (Å²) in [5.74, 6) is 0.543. The van der Waals surface area contributed by atoms with Crippen molar-refractivity contribution in [3.05, 3.63) is 70.9 Å². The quantitative estimate of drug-likeness (QED) is 0.698. The Morgan fingerprint density at radius 1 is 1.17 bits per heavy atom. The molecule has 1 amide bonds. The van der Waals surface area contributed by atoms with E-state index in [-0.39, 0.29) is 11.8 Å². The van der Waals surface area contributed by atoms with E-state index in [1.807, 2.05) is 30.3 Å². The van der Waals surface area contributed by atoms with Crippen LogP contribution >= 0.6 is 11.6 Å². The minimum absolute atomic E-state index is 0.221. The Kier molecular flexibility index (Phi) is 3.50. The van der Waals surface area contributed by atoms with Crippen LogP contribution in [0.25, 0.3) is 11.0 Å². The van der Waals surface area contributed by atoms with Gasteiger partial charge >= 0.3 is 0 Å². The Labute approximate surface area is 143 Å². The van der Waals surface area contributed by atoms with Crippen LogP contribution in [-0.4, -0.2) is 16.8 Å². The molecule has 6 heteroatoms. The lowest BCUT2D eigenvalue weighted by Gasteiger charge is -2.19. The molecule has 1 aliphatic heterocycles. The Morgan fingerprint density at radius 3 is 2.62 bits per heavy atom. The molecule has 120 valence electrons. The maximum absolute atomic E-state index is 11.9. The van der Waals surface area contributed by atoms with E-state index >= 15 is 0 Å². The van der Waals surface area contributed by atoms with Gasteiger partial charge in [0.2, 0.25) is 12.1 Å². The van der Waals surface area contributed by atoms with Gasteiger partial charge < -0.3 is 9.15 Å². The Morgan fingerprint density at radius 2 is 1.92 bits per heavy atom. The molecule has 0 saturated carbocycles. The number of hydrazone groups is 1. The second-order valence-corrected chi connectivity index (χ2v) is 5.88. The molecule has 1 atom stereocenters. The van der Waals surface area contributed by atoms with Crippen molar-refractivity contribution in [3.63, 3.8) is 0 Å². The number of hydrogen-bond donors (Lipinski definition) is 0. The number of amides is 1. The summed E-state index contributed by atoms with van der Waals surface area (Å²) in [7, 11) is 0. The monoisotopic (exact) mass is 340 g/mol. The predicted molar refractivity (Wildman–Crippen MR) is 90.5 cm³/mol. The number of para-hydroxylation sites is 1. The summed E-state index contributed by atoms with van der Waals surface area (Å²) in [6, 6.07) is 16.6. The Hall–Kier alpha value is -2.79. The van der Waals surface area contributed by atoms with Gasteiger partial charge in [0.05, 0.1) is 0 Å². The highest BCUT2D eigenvalue weighted by molar-refractivity contribution is 6.30. The van der Waals surface area contributed by atoms with Crippen LogP contribution in [0, 0.1) is 0 Å². The van der Waals surface area contributed by atoms with Gasteiger partial charge in [-0.05, 0) is 24.3 Å². The number of carbonyl (C=O) groups excluding carboxylic acids is 1. The first-order valence-corrected chi connectivity index (χ1v) is 7.79. The van der Waals surface area contributed by atoms with Crippen LogP contribution in [0.3, 0.4) is 0 Å². The molecule has 5 nitrogen and oxygen atoms in total. The van der Waals surface area contributed by atoms with Crippen molar-refractivity contribution >= 4 is 34.4 Å². The van der Waals surface area contributed by atoms with Gasteiger partial charge in [-0.3, -0.25) is 4.79 Å². The van der Waals surface area contributed by atoms with Crippen molar-refractivity contribution in [2.75, 3.05) is 0 Å². The summed E-state index contributed by atoms with van der Waals surface area (Å²) in [5, 5.41) is 7.14. The highest BCUT2D eigenvalue weighted by Gasteiger charge is 2.34. The minimum atomic E-state index is -0.636. The van der Waals surface area contributed by atoms with Crippen LogP contribution in [0.1, 0.15) is 24.5 Å². The standard InChI is InChI=1S/C18H13ClN2O3/c1-11(22)21-18(12-6-8-14(19)9-7-12)24-17(20-21)16-10-13-4-2-3-5-15(13)23-16/h2-10,18H,1H3. The molecule has 0 radical (unpaired) electrons. The highest BCUT2D eigenvalue weighted by atomic mass is 35.5. The van der Waals surface area contributed by atoms with Gasteiger partial charge in [-0.15, -0.1) is 5.10 Å². The molecule has 2 aromatic carbocycles. The Bertz CT molecular complexity index is 913. The lowest BCUT2D eigenvalue weighted by molar-refractivity contribution is -0.135. The molecule has 1 aliphatic rings. The van der Waals surface area contributed by atoms with Crippen LogP contribution < -0.4 is 0 Å². The van der Waals surface area contributed by atoms with Crippen molar-refractivity contribution in [2.24, 2.45) is 5.10 Å². The molecule has 0 fully saturated rings. The summed E-state index contributed by atoms with van der Waals surface area (Å²) in [6.45, 7) is 1.44. The molecule has 3 aromatic rings. The van der Waals surface area contributed by atoms with E-state index in [4.69, 9.17) is 20.8 Å². The number of fused-ring (bicyclic) bond motifs is 1. The number of furan rings is 1. The van der Waals surface area contributed by atoms with Gasteiger partial charge in [-0.25, -0.2) is 0 Å². The summed E-state index contributed by atoms with van der Waals surface area (Å²) < 4.78 is 11.7. The average Bonchev–Trinajstić information content (AvgIpc) is 3.19. The molecule has 0 spiro atoms. The van der Waals surface area contributed by atoms with Crippen LogP contribution in [0.2, 0.25) is 5.02 Å².